The van der Waals surface area contributed by atoms with Crippen LogP contribution < -0.4 is 15.8 Å². The summed E-state index contributed by atoms with van der Waals surface area (Å²) in [6, 6.07) is 3.15. The lowest BCUT2D eigenvalue weighted by Crippen LogP contribution is -2.44. The number of anilines is 1. The number of nitrogens with one attached hydrogen (secondary N) is 1. The minimum absolute atomic E-state index is 0.0472. The first-order chi connectivity index (χ1) is 22.3. The van der Waals surface area contributed by atoms with E-state index in [0.717, 1.165) is 23.7 Å². The number of rotatable bonds is 9. The Balaban J connectivity index is 1.72. The summed E-state index contributed by atoms with van der Waals surface area (Å²) in [5.41, 5.74) is -4.69. The zero-order chi connectivity index (χ0) is 35.9. The lowest BCUT2D eigenvalue weighted by Gasteiger charge is -2.31. The van der Waals surface area contributed by atoms with E-state index in [4.69, 9.17) is 0 Å². The zero-order valence-electron chi connectivity index (χ0n) is 25.7. The van der Waals surface area contributed by atoms with Gasteiger partial charge in [0.15, 0.2) is 0 Å². The number of aromatic nitrogens is 2. The summed E-state index contributed by atoms with van der Waals surface area (Å²) in [4.78, 5) is 43.0. The highest BCUT2D eigenvalue weighted by atomic mass is 19.4. The number of carbonyl (C=O) groups is 2. The van der Waals surface area contributed by atoms with Gasteiger partial charge in [-0.3, -0.25) is 14.6 Å². The van der Waals surface area contributed by atoms with Gasteiger partial charge in [-0.15, -0.1) is 0 Å². The SMILES string of the molecule is CC[C@@H](N(C)c1cc(F)c(C(=O)N[C@@H](Cc2ccc(-c3c(C(F)(F)F)cc(C)n(C)c3=O)c3ncccc23)C(=O)O)c(F)c1)C(F)(F)F. The second-order valence-corrected chi connectivity index (χ2v) is 11.0. The predicted molar refractivity (Wildman–Crippen MR) is 160 cm³/mol. The van der Waals surface area contributed by atoms with E-state index in [9.17, 15) is 45.8 Å². The van der Waals surface area contributed by atoms with E-state index in [1.54, 1.807) is 0 Å². The molecule has 4 rings (SSSR count). The van der Waals surface area contributed by atoms with Crippen molar-refractivity contribution in [2.75, 3.05) is 11.9 Å². The van der Waals surface area contributed by atoms with Gasteiger partial charge < -0.3 is 19.9 Å². The lowest BCUT2D eigenvalue weighted by atomic mass is 9.93. The summed E-state index contributed by atoms with van der Waals surface area (Å²) < 4.78 is 113. The summed E-state index contributed by atoms with van der Waals surface area (Å²) in [7, 11) is 2.27. The first-order valence-electron chi connectivity index (χ1n) is 14.2. The molecule has 2 heterocycles. The maximum atomic E-state index is 15.0. The number of aliphatic carboxylic acids is 1. The molecule has 2 aromatic heterocycles. The topological polar surface area (TPSA) is 105 Å². The molecule has 8 nitrogen and oxygen atoms in total. The molecule has 2 N–H and O–H groups in total. The number of alkyl halides is 6. The third kappa shape index (κ3) is 6.96. The molecule has 0 aliphatic heterocycles. The molecule has 256 valence electrons. The number of aryl methyl sites for hydroxylation is 1. The summed E-state index contributed by atoms with van der Waals surface area (Å²) in [6.07, 6.45) is -9.38. The Hall–Kier alpha value is -5.02. The van der Waals surface area contributed by atoms with Gasteiger partial charge in [0.1, 0.15) is 29.3 Å². The Morgan fingerprint density at radius 3 is 2.21 bits per heavy atom. The van der Waals surface area contributed by atoms with Crippen molar-refractivity contribution in [3.05, 3.63) is 93.0 Å². The van der Waals surface area contributed by atoms with Gasteiger partial charge in [0.25, 0.3) is 11.5 Å². The van der Waals surface area contributed by atoms with Crippen molar-refractivity contribution < 1.29 is 49.8 Å². The van der Waals surface area contributed by atoms with Gasteiger partial charge in [-0.2, -0.15) is 26.3 Å². The van der Waals surface area contributed by atoms with Gasteiger partial charge in [0.05, 0.1) is 16.6 Å². The lowest BCUT2D eigenvalue weighted by molar-refractivity contribution is -0.148. The average molecular weight is 685 g/mol. The minimum atomic E-state index is -4.92. The summed E-state index contributed by atoms with van der Waals surface area (Å²) in [6.45, 7) is 2.56. The Kier molecular flexibility index (Phi) is 9.88. The second-order valence-electron chi connectivity index (χ2n) is 11.0. The molecule has 4 aromatic rings. The standard InChI is InChI=1S/C32H28F8N4O4/c1-5-24(32(38,39)40)44(4)17-13-21(33)26(22(34)14-17)28(45)42-23(30(47)48)12-16-8-9-19(27-18(16)7-6-10-41-27)25-20(31(35,36)37)11-15(2)43(3)29(25)46/h6-11,13-14,23-24H,5,12H2,1-4H3,(H,42,45)(H,47,48)/t23-,24+/m0/s1. The van der Waals surface area contributed by atoms with Crippen LogP contribution in [0.15, 0.2) is 53.5 Å². The van der Waals surface area contributed by atoms with Crippen LogP contribution in [0.5, 0.6) is 0 Å². The van der Waals surface area contributed by atoms with Crippen LogP contribution in [-0.4, -0.2) is 51.8 Å². The van der Waals surface area contributed by atoms with Crippen molar-refractivity contribution in [2.45, 2.75) is 51.1 Å². The molecule has 0 fully saturated rings. The summed E-state index contributed by atoms with van der Waals surface area (Å²) in [5, 5.41) is 12.0. The smallest absolute Gasteiger partial charge is 0.417 e. The molecule has 48 heavy (non-hydrogen) atoms. The van der Waals surface area contributed by atoms with Gasteiger partial charge >= 0.3 is 18.3 Å². The number of carboxylic acids is 1. The number of amides is 1. The van der Waals surface area contributed by atoms with Crippen molar-refractivity contribution in [2.24, 2.45) is 7.05 Å². The van der Waals surface area contributed by atoms with Gasteiger partial charge in [0.2, 0.25) is 0 Å². The van der Waals surface area contributed by atoms with E-state index in [2.05, 4.69) is 4.98 Å². The average Bonchev–Trinajstić information content (AvgIpc) is 2.98. The van der Waals surface area contributed by atoms with E-state index in [-0.39, 0.29) is 27.7 Å². The number of nitrogens with zero attached hydrogens (tertiary/aromatic N) is 3. The third-order valence-electron chi connectivity index (χ3n) is 8.03. The molecule has 0 radical (unpaired) electrons. The fraction of sp³-hybridized carbons (Fsp3) is 0.312. The van der Waals surface area contributed by atoms with Crippen LogP contribution in [-0.2, 0) is 24.4 Å². The Labute approximate surface area is 267 Å². The van der Waals surface area contributed by atoms with E-state index in [0.29, 0.717) is 17.0 Å². The van der Waals surface area contributed by atoms with Gasteiger partial charge in [-0.1, -0.05) is 25.1 Å². The van der Waals surface area contributed by atoms with Crippen LogP contribution >= 0.6 is 0 Å². The fourth-order valence-electron chi connectivity index (χ4n) is 5.45. The first-order valence-corrected chi connectivity index (χ1v) is 14.2. The normalized spacial score (nSPS) is 13.3. The zero-order valence-corrected chi connectivity index (χ0v) is 25.7. The molecule has 0 aliphatic carbocycles. The molecule has 0 saturated heterocycles. The van der Waals surface area contributed by atoms with Gasteiger partial charge in [0, 0.05) is 49.0 Å². The number of pyridine rings is 2. The van der Waals surface area contributed by atoms with Crippen LogP contribution in [0, 0.1) is 18.6 Å². The van der Waals surface area contributed by atoms with Crippen LogP contribution in [0.4, 0.5) is 40.8 Å². The summed E-state index contributed by atoms with van der Waals surface area (Å²) >= 11 is 0. The largest absolute Gasteiger partial charge is 0.480 e. The van der Waals surface area contributed by atoms with E-state index in [1.165, 1.54) is 45.3 Å². The van der Waals surface area contributed by atoms with Crippen LogP contribution in [0.25, 0.3) is 22.0 Å². The number of carbonyl (C=O) groups excluding carboxylic acids is 1. The van der Waals surface area contributed by atoms with Gasteiger partial charge in [-0.05, 0) is 43.2 Å². The van der Waals surface area contributed by atoms with Crippen molar-refractivity contribution in [1.82, 2.24) is 14.9 Å². The number of halogens is 8. The highest BCUT2D eigenvalue weighted by Gasteiger charge is 2.42. The number of fused-ring (bicyclic) bond motifs is 1. The van der Waals surface area contributed by atoms with Crippen molar-refractivity contribution in [3.63, 3.8) is 0 Å². The number of hydrogen-bond acceptors (Lipinski definition) is 5. The van der Waals surface area contributed by atoms with E-state index >= 15 is 8.78 Å². The molecular weight excluding hydrogens is 656 g/mol. The molecule has 0 aliphatic rings. The molecule has 2 atom stereocenters. The predicted octanol–water partition coefficient (Wildman–Crippen LogP) is 6.41. The molecule has 16 heteroatoms. The van der Waals surface area contributed by atoms with Crippen LogP contribution in [0.3, 0.4) is 0 Å². The fourth-order valence-corrected chi connectivity index (χ4v) is 5.45. The van der Waals surface area contributed by atoms with Crippen molar-refractivity contribution in [1.29, 1.82) is 0 Å². The number of carboxylic acid groups (broad SMARTS) is 1. The minimum Gasteiger partial charge on any atom is -0.480 e. The van der Waals surface area contributed by atoms with E-state index < -0.39 is 88.7 Å². The molecule has 2 aromatic carbocycles. The summed E-state index contributed by atoms with van der Waals surface area (Å²) in [5.74, 6) is -6.26. The molecule has 0 unspecified atom stereocenters. The molecule has 0 saturated carbocycles. The Morgan fingerprint density at radius 1 is 1.04 bits per heavy atom. The monoisotopic (exact) mass is 684 g/mol. The Morgan fingerprint density at radius 2 is 1.67 bits per heavy atom. The molecule has 1 amide bonds. The first kappa shape index (κ1) is 35.8. The third-order valence-corrected chi connectivity index (χ3v) is 8.03. The quantitative estimate of drug-likeness (QED) is 0.198. The highest BCUT2D eigenvalue weighted by Crippen LogP contribution is 2.38. The second kappa shape index (κ2) is 13.2. The van der Waals surface area contributed by atoms with Crippen molar-refractivity contribution >= 4 is 28.5 Å². The maximum absolute atomic E-state index is 15.0. The van der Waals surface area contributed by atoms with Crippen LogP contribution in [0.1, 0.15) is 40.5 Å². The van der Waals surface area contributed by atoms with Crippen molar-refractivity contribution in [3.8, 4) is 11.1 Å². The van der Waals surface area contributed by atoms with Gasteiger partial charge in [-0.25, -0.2) is 13.6 Å². The molecule has 0 bridgehead atoms. The highest BCUT2D eigenvalue weighted by molar-refractivity contribution is 5.99. The Bertz CT molecular complexity index is 1930. The molecule has 0 spiro atoms. The number of benzene rings is 2. The number of hydrogen-bond donors (Lipinski definition) is 2. The maximum Gasteiger partial charge on any atom is 0.417 e. The molecular formula is C32H28F8N4O4. The van der Waals surface area contributed by atoms with Crippen LogP contribution in [0.2, 0.25) is 0 Å². The van der Waals surface area contributed by atoms with E-state index in [1.807, 2.05) is 5.32 Å².